The molecule has 0 unspecified atom stereocenters. The number of aromatic nitrogens is 3. The first-order valence-corrected chi connectivity index (χ1v) is 11.0. The molecule has 3 aromatic rings. The van der Waals surface area contributed by atoms with Crippen molar-refractivity contribution in [3.8, 4) is 17.1 Å². The minimum Gasteiger partial charge on any atom is -0.492 e. The van der Waals surface area contributed by atoms with Crippen LogP contribution in [0.5, 0.6) is 5.75 Å². The average molecular weight is 446 g/mol. The molecule has 0 fully saturated rings. The largest absolute Gasteiger partial charge is 0.492 e. The Hall–Kier alpha value is -3.31. The molecule has 31 heavy (non-hydrogen) atoms. The second-order valence-electron chi connectivity index (χ2n) is 6.68. The van der Waals surface area contributed by atoms with E-state index in [1.54, 1.807) is 37.5 Å². The third-order valence-corrected chi connectivity index (χ3v) is 6.09. The molecule has 3 rings (SSSR count). The maximum atomic E-state index is 12.6. The van der Waals surface area contributed by atoms with Gasteiger partial charge in [0, 0.05) is 50.6 Å². The van der Waals surface area contributed by atoms with E-state index in [1.807, 2.05) is 0 Å². The number of aryl methyl sites for hydroxylation is 1. The Morgan fingerprint density at radius 1 is 1.19 bits per heavy atom. The van der Waals surface area contributed by atoms with Gasteiger partial charge in [0.25, 0.3) is 0 Å². The molecule has 164 valence electrons. The van der Waals surface area contributed by atoms with E-state index >= 15 is 0 Å². The molecule has 1 N–H and O–H groups in total. The molecule has 10 nitrogen and oxygen atoms in total. The van der Waals surface area contributed by atoms with Crippen LogP contribution in [-0.4, -0.2) is 54.5 Å². The number of anilines is 1. The first kappa shape index (κ1) is 22.4. The molecule has 1 aromatic carbocycles. The molecule has 2 heterocycles. The van der Waals surface area contributed by atoms with Crippen LogP contribution in [0.25, 0.3) is 11.4 Å². The Bertz CT molecular complexity index is 1150. The number of pyridine rings is 1. The van der Waals surface area contributed by atoms with E-state index < -0.39 is 10.0 Å². The van der Waals surface area contributed by atoms with Crippen LogP contribution in [0.3, 0.4) is 0 Å². The fourth-order valence-electron chi connectivity index (χ4n) is 2.68. The molecule has 0 aliphatic carbocycles. The van der Waals surface area contributed by atoms with Crippen molar-refractivity contribution in [2.75, 3.05) is 26.0 Å². The number of nitrogens with one attached hydrogen (secondary N) is 1. The van der Waals surface area contributed by atoms with E-state index in [4.69, 9.17) is 9.26 Å². The van der Waals surface area contributed by atoms with Gasteiger partial charge in [-0.25, -0.2) is 12.7 Å². The van der Waals surface area contributed by atoms with E-state index in [1.165, 1.54) is 26.2 Å². The summed E-state index contributed by atoms with van der Waals surface area (Å²) in [6, 6.07) is 8.01. The van der Waals surface area contributed by atoms with E-state index in [2.05, 4.69) is 20.4 Å². The molecule has 2 aromatic heterocycles. The van der Waals surface area contributed by atoms with Gasteiger partial charge in [0.2, 0.25) is 27.6 Å². The van der Waals surface area contributed by atoms with E-state index in [0.29, 0.717) is 24.0 Å². The third kappa shape index (κ3) is 5.44. The first-order valence-electron chi connectivity index (χ1n) is 9.53. The molecule has 0 atom stereocenters. The van der Waals surface area contributed by atoms with Crippen LogP contribution in [0.2, 0.25) is 0 Å². The lowest BCUT2D eigenvalue weighted by molar-refractivity contribution is -0.116. The summed E-state index contributed by atoms with van der Waals surface area (Å²) in [4.78, 5) is 20.6. The summed E-state index contributed by atoms with van der Waals surface area (Å²) in [5.41, 5.74) is 1.11. The molecule has 0 radical (unpaired) electrons. The molecule has 0 saturated carbocycles. The molecule has 11 heteroatoms. The van der Waals surface area contributed by atoms with Gasteiger partial charge in [0.05, 0.1) is 6.61 Å². The zero-order valence-electron chi connectivity index (χ0n) is 17.4. The lowest BCUT2D eigenvalue weighted by atomic mass is 10.2. The highest BCUT2D eigenvalue weighted by molar-refractivity contribution is 7.89. The van der Waals surface area contributed by atoms with Crippen LogP contribution >= 0.6 is 0 Å². The SMILES string of the molecule is CCOc1ccc(NC(=O)CCc2nc(-c3ccncc3)no2)cc1S(=O)(=O)N(C)C. The van der Waals surface area contributed by atoms with Crippen molar-refractivity contribution in [3.05, 3.63) is 48.6 Å². The number of hydrogen-bond acceptors (Lipinski definition) is 8. The number of benzene rings is 1. The maximum Gasteiger partial charge on any atom is 0.246 e. The highest BCUT2D eigenvalue weighted by Crippen LogP contribution is 2.29. The van der Waals surface area contributed by atoms with Crippen molar-refractivity contribution in [1.29, 1.82) is 0 Å². The van der Waals surface area contributed by atoms with Gasteiger partial charge in [-0.1, -0.05) is 5.16 Å². The number of hydrogen-bond donors (Lipinski definition) is 1. The first-order chi connectivity index (χ1) is 14.8. The Balaban J connectivity index is 1.67. The summed E-state index contributed by atoms with van der Waals surface area (Å²) in [5.74, 6) is 0.650. The molecule has 0 aliphatic rings. The van der Waals surface area contributed by atoms with Gasteiger partial charge in [-0.15, -0.1) is 0 Å². The fourth-order valence-corrected chi connectivity index (χ4v) is 3.73. The van der Waals surface area contributed by atoms with Crippen LogP contribution in [0.15, 0.2) is 52.1 Å². The van der Waals surface area contributed by atoms with Gasteiger partial charge in [0.1, 0.15) is 10.6 Å². The number of amides is 1. The lowest BCUT2D eigenvalue weighted by Crippen LogP contribution is -2.23. The van der Waals surface area contributed by atoms with Gasteiger partial charge in [0.15, 0.2) is 0 Å². The van der Waals surface area contributed by atoms with Crippen molar-refractivity contribution >= 4 is 21.6 Å². The van der Waals surface area contributed by atoms with Gasteiger partial charge < -0.3 is 14.6 Å². The number of rotatable bonds is 9. The van der Waals surface area contributed by atoms with Crippen LogP contribution in [-0.2, 0) is 21.2 Å². The molecule has 0 spiro atoms. The van der Waals surface area contributed by atoms with Crippen molar-refractivity contribution in [1.82, 2.24) is 19.4 Å². The summed E-state index contributed by atoms with van der Waals surface area (Å²) >= 11 is 0. The summed E-state index contributed by atoms with van der Waals surface area (Å²) < 4.78 is 36.9. The van der Waals surface area contributed by atoms with Crippen molar-refractivity contribution in [2.45, 2.75) is 24.7 Å². The van der Waals surface area contributed by atoms with Gasteiger partial charge in [-0.05, 0) is 37.3 Å². The highest BCUT2D eigenvalue weighted by Gasteiger charge is 2.23. The topological polar surface area (TPSA) is 128 Å². The predicted octanol–water partition coefficient (Wildman–Crippen LogP) is 2.35. The van der Waals surface area contributed by atoms with E-state index in [9.17, 15) is 13.2 Å². The van der Waals surface area contributed by atoms with Crippen molar-refractivity contribution in [3.63, 3.8) is 0 Å². The van der Waals surface area contributed by atoms with E-state index in [0.717, 1.165) is 9.87 Å². The Kier molecular flexibility index (Phi) is 6.98. The zero-order valence-corrected chi connectivity index (χ0v) is 18.2. The molecule has 0 bridgehead atoms. The Labute approximate surface area is 180 Å². The summed E-state index contributed by atoms with van der Waals surface area (Å²) in [6.45, 7) is 2.08. The Morgan fingerprint density at radius 3 is 2.61 bits per heavy atom. The second-order valence-corrected chi connectivity index (χ2v) is 8.80. The molecular weight excluding hydrogens is 422 g/mol. The van der Waals surface area contributed by atoms with Crippen molar-refractivity contribution < 1.29 is 22.5 Å². The number of sulfonamides is 1. The van der Waals surface area contributed by atoms with Crippen LogP contribution in [0.4, 0.5) is 5.69 Å². The van der Waals surface area contributed by atoms with Gasteiger partial charge >= 0.3 is 0 Å². The third-order valence-electron chi connectivity index (χ3n) is 4.26. The number of ether oxygens (including phenoxy) is 1. The normalized spacial score (nSPS) is 11.5. The highest BCUT2D eigenvalue weighted by atomic mass is 32.2. The lowest BCUT2D eigenvalue weighted by Gasteiger charge is -2.16. The summed E-state index contributed by atoms with van der Waals surface area (Å²) in [5, 5.41) is 6.60. The molecule has 0 aliphatic heterocycles. The number of carbonyl (C=O) groups excluding carboxylic acids is 1. The molecular formula is C20H23N5O5S. The predicted molar refractivity (Wildman–Crippen MR) is 113 cm³/mol. The van der Waals surface area contributed by atoms with Crippen LogP contribution in [0, 0.1) is 0 Å². The number of carbonyl (C=O) groups is 1. The number of nitrogens with zero attached hydrogens (tertiary/aromatic N) is 4. The van der Waals surface area contributed by atoms with Gasteiger partial charge in [-0.2, -0.15) is 4.98 Å². The minimum atomic E-state index is -3.75. The molecule has 0 saturated heterocycles. The quantitative estimate of drug-likeness (QED) is 0.532. The Morgan fingerprint density at radius 2 is 1.94 bits per heavy atom. The summed E-state index contributed by atoms with van der Waals surface area (Å²) in [6.07, 6.45) is 3.57. The van der Waals surface area contributed by atoms with Crippen molar-refractivity contribution in [2.24, 2.45) is 0 Å². The smallest absolute Gasteiger partial charge is 0.246 e. The average Bonchev–Trinajstić information content (AvgIpc) is 3.23. The van der Waals surface area contributed by atoms with Crippen LogP contribution in [0.1, 0.15) is 19.2 Å². The molecule has 1 amide bonds. The monoisotopic (exact) mass is 445 g/mol. The van der Waals surface area contributed by atoms with Gasteiger partial charge in [-0.3, -0.25) is 9.78 Å². The fraction of sp³-hybridized carbons (Fsp3) is 0.300. The second kappa shape index (κ2) is 9.67. The van der Waals surface area contributed by atoms with E-state index in [-0.39, 0.29) is 29.4 Å². The summed E-state index contributed by atoms with van der Waals surface area (Å²) in [7, 11) is -0.885. The standard InChI is InChI=1S/C20H23N5O5S/c1-4-29-16-6-5-15(13-17(16)31(27,28)25(2)3)22-18(26)7-8-19-23-20(24-30-19)14-9-11-21-12-10-14/h5-6,9-13H,4,7-8H2,1-3H3,(H,22,26). The maximum absolute atomic E-state index is 12.6. The zero-order chi connectivity index (χ0) is 22.4. The minimum absolute atomic E-state index is 0.0176. The van der Waals surface area contributed by atoms with Crippen LogP contribution < -0.4 is 10.1 Å².